The molecule has 0 amide bonds. The molecular formula is C17H25NO4. The van der Waals surface area contributed by atoms with E-state index < -0.39 is 6.10 Å². The van der Waals surface area contributed by atoms with Gasteiger partial charge in [-0.05, 0) is 32.9 Å². The summed E-state index contributed by atoms with van der Waals surface area (Å²) in [6, 6.07) is 7.10. The molecule has 1 N–H and O–H groups in total. The maximum absolute atomic E-state index is 11.5. The van der Waals surface area contributed by atoms with Crippen LogP contribution < -0.4 is 4.74 Å². The van der Waals surface area contributed by atoms with Gasteiger partial charge in [-0.15, -0.1) is 0 Å². The van der Waals surface area contributed by atoms with Crippen molar-refractivity contribution in [2.24, 2.45) is 0 Å². The van der Waals surface area contributed by atoms with Crippen molar-refractivity contribution in [3.8, 4) is 5.75 Å². The van der Waals surface area contributed by atoms with Crippen LogP contribution in [0.5, 0.6) is 5.75 Å². The Morgan fingerprint density at radius 1 is 1.36 bits per heavy atom. The number of aliphatic hydroxyl groups excluding tert-OH is 1. The van der Waals surface area contributed by atoms with E-state index in [0.717, 1.165) is 13.1 Å². The zero-order valence-corrected chi connectivity index (χ0v) is 13.5. The van der Waals surface area contributed by atoms with Crippen molar-refractivity contribution in [1.29, 1.82) is 0 Å². The molecule has 0 aromatic heterocycles. The number of carbonyl (C=O) groups is 1. The lowest BCUT2D eigenvalue weighted by Gasteiger charge is -2.36. The van der Waals surface area contributed by atoms with Gasteiger partial charge in [0.15, 0.2) is 5.78 Å². The van der Waals surface area contributed by atoms with Gasteiger partial charge in [0.25, 0.3) is 0 Å². The van der Waals surface area contributed by atoms with Gasteiger partial charge in [0, 0.05) is 19.6 Å². The number of para-hydroxylation sites is 1. The Kier molecular flexibility index (Phi) is 5.94. The molecule has 2 rings (SSSR count). The second-order valence-electron chi connectivity index (χ2n) is 5.99. The molecule has 1 aliphatic heterocycles. The average molecular weight is 307 g/mol. The normalized spacial score (nSPS) is 24.0. The van der Waals surface area contributed by atoms with E-state index in [1.54, 1.807) is 18.2 Å². The Labute approximate surface area is 131 Å². The number of carbonyl (C=O) groups excluding carboxylic acids is 1. The molecule has 1 saturated heterocycles. The van der Waals surface area contributed by atoms with Gasteiger partial charge >= 0.3 is 0 Å². The lowest BCUT2D eigenvalue weighted by atomic mass is 10.1. The zero-order valence-electron chi connectivity index (χ0n) is 13.5. The van der Waals surface area contributed by atoms with E-state index in [-0.39, 0.29) is 24.6 Å². The number of Topliss-reactive ketones (excluding diaryl/α,β-unsaturated/α-hetero) is 1. The minimum Gasteiger partial charge on any atom is -0.490 e. The number of rotatable bonds is 6. The summed E-state index contributed by atoms with van der Waals surface area (Å²) in [5.74, 6) is 0.485. The van der Waals surface area contributed by atoms with E-state index in [1.165, 1.54) is 6.92 Å². The number of nitrogens with zero attached hydrogens (tertiary/aromatic N) is 1. The number of β-amino-alcohol motifs (C(OH)–C–C–N with tert-alkyl or cyclic N) is 1. The summed E-state index contributed by atoms with van der Waals surface area (Å²) >= 11 is 0. The van der Waals surface area contributed by atoms with Crippen LogP contribution in [0, 0.1) is 0 Å². The van der Waals surface area contributed by atoms with Crippen molar-refractivity contribution < 1.29 is 19.4 Å². The van der Waals surface area contributed by atoms with Crippen molar-refractivity contribution in [1.82, 2.24) is 4.90 Å². The Morgan fingerprint density at radius 3 is 2.64 bits per heavy atom. The van der Waals surface area contributed by atoms with Crippen molar-refractivity contribution >= 4 is 5.78 Å². The Hall–Kier alpha value is -1.43. The number of benzene rings is 1. The fraction of sp³-hybridized carbons (Fsp3) is 0.588. The van der Waals surface area contributed by atoms with E-state index in [1.807, 2.05) is 19.9 Å². The Bertz CT molecular complexity index is 495. The molecule has 1 heterocycles. The molecule has 0 radical (unpaired) electrons. The van der Waals surface area contributed by atoms with Crippen LogP contribution in [-0.2, 0) is 4.74 Å². The molecule has 5 nitrogen and oxygen atoms in total. The van der Waals surface area contributed by atoms with E-state index in [9.17, 15) is 9.90 Å². The molecule has 1 aromatic carbocycles. The molecule has 22 heavy (non-hydrogen) atoms. The molecule has 3 atom stereocenters. The van der Waals surface area contributed by atoms with Crippen molar-refractivity contribution in [3.63, 3.8) is 0 Å². The van der Waals surface area contributed by atoms with Crippen LogP contribution in [0.2, 0.25) is 0 Å². The summed E-state index contributed by atoms with van der Waals surface area (Å²) in [5, 5.41) is 10.2. The van der Waals surface area contributed by atoms with Crippen molar-refractivity contribution in [3.05, 3.63) is 29.8 Å². The van der Waals surface area contributed by atoms with Crippen LogP contribution in [0.25, 0.3) is 0 Å². The maximum atomic E-state index is 11.5. The van der Waals surface area contributed by atoms with Crippen LogP contribution in [0.15, 0.2) is 24.3 Å². The van der Waals surface area contributed by atoms with Crippen LogP contribution in [0.1, 0.15) is 31.1 Å². The summed E-state index contributed by atoms with van der Waals surface area (Å²) in [4.78, 5) is 13.7. The standard InChI is InChI=1S/C17H25NO4/c1-12-8-18(9-13(2)22-12)10-15(20)11-21-17-7-5-4-6-16(17)14(3)19/h4-7,12-13,15,20H,8-11H2,1-3H3/t12-,13-,15-/m1/s1. The molecule has 0 bridgehead atoms. The molecule has 1 fully saturated rings. The molecule has 1 aliphatic rings. The summed E-state index contributed by atoms with van der Waals surface area (Å²) < 4.78 is 11.3. The summed E-state index contributed by atoms with van der Waals surface area (Å²) in [6.07, 6.45) is -0.247. The largest absolute Gasteiger partial charge is 0.490 e. The lowest BCUT2D eigenvalue weighted by molar-refractivity contribution is -0.0787. The number of hydrogen-bond acceptors (Lipinski definition) is 5. The fourth-order valence-electron chi connectivity index (χ4n) is 2.85. The van der Waals surface area contributed by atoms with Crippen molar-refractivity contribution in [2.75, 3.05) is 26.2 Å². The number of hydrogen-bond donors (Lipinski definition) is 1. The second kappa shape index (κ2) is 7.72. The minimum atomic E-state index is -0.600. The molecule has 0 spiro atoms. The van der Waals surface area contributed by atoms with Gasteiger partial charge in [0.1, 0.15) is 18.5 Å². The molecule has 5 heteroatoms. The number of aliphatic hydroxyl groups is 1. The SMILES string of the molecule is CC(=O)c1ccccc1OC[C@H](O)CN1C[C@@H](C)O[C@H](C)C1. The quantitative estimate of drug-likeness (QED) is 0.811. The first-order valence-electron chi connectivity index (χ1n) is 7.74. The summed E-state index contributed by atoms with van der Waals surface area (Å²) in [6.45, 7) is 7.92. The zero-order chi connectivity index (χ0) is 16.1. The van der Waals surface area contributed by atoms with Gasteiger partial charge < -0.3 is 14.6 Å². The van der Waals surface area contributed by atoms with E-state index >= 15 is 0 Å². The van der Waals surface area contributed by atoms with Crippen LogP contribution >= 0.6 is 0 Å². The summed E-state index contributed by atoms with van der Waals surface area (Å²) in [7, 11) is 0. The third-order valence-electron chi connectivity index (χ3n) is 3.66. The molecule has 0 unspecified atom stereocenters. The van der Waals surface area contributed by atoms with E-state index in [0.29, 0.717) is 17.9 Å². The first-order valence-corrected chi connectivity index (χ1v) is 7.74. The van der Waals surface area contributed by atoms with E-state index in [2.05, 4.69) is 4.90 Å². The van der Waals surface area contributed by atoms with Gasteiger partial charge in [0.2, 0.25) is 0 Å². The third kappa shape index (κ3) is 4.80. The first-order chi connectivity index (χ1) is 10.5. The number of morpholine rings is 1. The maximum Gasteiger partial charge on any atom is 0.163 e. The Balaban J connectivity index is 1.85. The van der Waals surface area contributed by atoms with Crippen LogP contribution in [0.3, 0.4) is 0 Å². The minimum absolute atomic E-state index is 0.0408. The highest BCUT2D eigenvalue weighted by molar-refractivity contribution is 5.96. The first kappa shape index (κ1) is 16.9. The molecule has 122 valence electrons. The topological polar surface area (TPSA) is 59.0 Å². The predicted molar refractivity (Wildman–Crippen MR) is 84.4 cm³/mol. The van der Waals surface area contributed by atoms with Gasteiger partial charge in [-0.3, -0.25) is 9.69 Å². The molecular weight excluding hydrogens is 282 g/mol. The summed E-state index contributed by atoms with van der Waals surface area (Å²) in [5.41, 5.74) is 0.545. The van der Waals surface area contributed by atoms with Crippen LogP contribution in [-0.4, -0.2) is 60.3 Å². The fourth-order valence-corrected chi connectivity index (χ4v) is 2.85. The van der Waals surface area contributed by atoms with Gasteiger partial charge in [-0.1, -0.05) is 12.1 Å². The van der Waals surface area contributed by atoms with Crippen molar-refractivity contribution in [2.45, 2.75) is 39.1 Å². The average Bonchev–Trinajstić information content (AvgIpc) is 2.44. The predicted octanol–water partition coefficient (Wildman–Crippen LogP) is 1.74. The number of ether oxygens (including phenoxy) is 2. The van der Waals surface area contributed by atoms with Gasteiger partial charge in [-0.2, -0.15) is 0 Å². The molecule has 1 aromatic rings. The van der Waals surface area contributed by atoms with E-state index in [4.69, 9.17) is 9.47 Å². The molecule has 0 aliphatic carbocycles. The lowest BCUT2D eigenvalue weighted by Crippen LogP contribution is -2.48. The van der Waals surface area contributed by atoms with Gasteiger partial charge in [0.05, 0.1) is 17.8 Å². The smallest absolute Gasteiger partial charge is 0.163 e. The highest BCUT2D eigenvalue weighted by atomic mass is 16.5. The van der Waals surface area contributed by atoms with Gasteiger partial charge in [-0.25, -0.2) is 0 Å². The molecule has 0 saturated carbocycles. The van der Waals surface area contributed by atoms with Crippen LogP contribution in [0.4, 0.5) is 0 Å². The second-order valence-corrected chi connectivity index (χ2v) is 5.99. The Morgan fingerprint density at radius 2 is 2.00 bits per heavy atom. The third-order valence-corrected chi connectivity index (χ3v) is 3.66. The monoisotopic (exact) mass is 307 g/mol. The highest BCUT2D eigenvalue weighted by Crippen LogP contribution is 2.19. The number of ketones is 1. The highest BCUT2D eigenvalue weighted by Gasteiger charge is 2.24.